The molecule has 0 spiro atoms. The van der Waals surface area contributed by atoms with Gasteiger partial charge in [-0.3, -0.25) is 0 Å². The third-order valence-corrected chi connectivity index (χ3v) is 3.08. The van der Waals surface area contributed by atoms with Gasteiger partial charge in [0.2, 0.25) is 0 Å². The first-order chi connectivity index (χ1) is 6.49. The molecule has 0 aromatic heterocycles. The van der Waals surface area contributed by atoms with Gasteiger partial charge in [0.1, 0.15) is 0 Å². The number of allylic oxidation sites excluding steroid dienone is 5. The Kier molecular flexibility index (Phi) is 6.55. The highest BCUT2D eigenvalue weighted by Crippen LogP contribution is 2.05. The first-order valence-electron chi connectivity index (χ1n) is 5.54. The van der Waals surface area contributed by atoms with Gasteiger partial charge in [-0.25, -0.2) is 0 Å². The molecule has 0 aliphatic rings. The second kappa shape index (κ2) is 6.83. The second-order valence-electron chi connectivity index (χ2n) is 4.63. The molecule has 14 heavy (non-hydrogen) atoms. The molecular weight excluding hydrogens is 184 g/mol. The minimum absolute atomic E-state index is 1.01. The SMILES string of the molecule is CC/C=C(/C=C/C=C/[Si](C)(C)C)CC. The van der Waals surface area contributed by atoms with E-state index in [1.807, 2.05) is 0 Å². The molecule has 0 heterocycles. The molecule has 1 heteroatoms. The maximum Gasteiger partial charge on any atom is 0.0687 e. The quantitative estimate of drug-likeness (QED) is 0.453. The maximum absolute atomic E-state index is 2.36. The summed E-state index contributed by atoms with van der Waals surface area (Å²) in [7, 11) is -1.01. The highest BCUT2D eigenvalue weighted by atomic mass is 28.3. The Morgan fingerprint density at radius 3 is 2.14 bits per heavy atom. The Morgan fingerprint density at radius 2 is 1.71 bits per heavy atom. The molecule has 0 bridgehead atoms. The van der Waals surface area contributed by atoms with Crippen molar-refractivity contribution in [1.29, 1.82) is 0 Å². The molecule has 0 saturated heterocycles. The van der Waals surface area contributed by atoms with Crippen LogP contribution < -0.4 is 0 Å². The molecule has 0 amide bonds. The Morgan fingerprint density at radius 1 is 1.07 bits per heavy atom. The standard InChI is InChI=1S/C13H24Si/c1-6-10-13(7-2)11-8-9-12-14(3,4)5/h8-12H,6-7H2,1-5H3/b11-8+,12-9+,13-10+. The Balaban J connectivity index is 4.17. The maximum atomic E-state index is 2.36. The van der Waals surface area contributed by atoms with E-state index in [1.54, 1.807) is 0 Å². The summed E-state index contributed by atoms with van der Waals surface area (Å²) in [6.07, 6.45) is 11.1. The van der Waals surface area contributed by atoms with Crippen LogP contribution in [0, 0.1) is 0 Å². The number of hydrogen-bond acceptors (Lipinski definition) is 0. The van der Waals surface area contributed by atoms with E-state index in [4.69, 9.17) is 0 Å². The largest absolute Gasteiger partial charge is 0.0950 e. The van der Waals surface area contributed by atoms with Gasteiger partial charge in [0, 0.05) is 0 Å². The van der Waals surface area contributed by atoms with Gasteiger partial charge in [-0.05, 0) is 12.8 Å². The first kappa shape index (κ1) is 13.4. The van der Waals surface area contributed by atoms with Gasteiger partial charge < -0.3 is 0 Å². The van der Waals surface area contributed by atoms with E-state index in [-0.39, 0.29) is 0 Å². The van der Waals surface area contributed by atoms with Gasteiger partial charge in [-0.15, -0.1) is 0 Å². The van der Waals surface area contributed by atoms with E-state index in [2.05, 4.69) is 63.5 Å². The zero-order valence-corrected chi connectivity index (χ0v) is 11.3. The molecule has 80 valence electrons. The van der Waals surface area contributed by atoms with Crippen LogP contribution >= 0.6 is 0 Å². The topological polar surface area (TPSA) is 0 Å². The van der Waals surface area contributed by atoms with Crippen LogP contribution in [0.25, 0.3) is 0 Å². The van der Waals surface area contributed by atoms with Gasteiger partial charge in [-0.2, -0.15) is 0 Å². The smallest absolute Gasteiger partial charge is 0.0687 e. The molecular formula is C13H24Si. The lowest BCUT2D eigenvalue weighted by molar-refractivity contribution is 1.10. The summed E-state index contributed by atoms with van der Waals surface area (Å²) < 4.78 is 0. The molecule has 0 rings (SSSR count). The van der Waals surface area contributed by atoms with Gasteiger partial charge in [0.25, 0.3) is 0 Å². The molecule has 0 radical (unpaired) electrons. The normalized spacial score (nSPS) is 14.5. The minimum Gasteiger partial charge on any atom is -0.0950 e. The van der Waals surface area contributed by atoms with Crippen molar-refractivity contribution in [3.05, 3.63) is 35.6 Å². The van der Waals surface area contributed by atoms with Crippen molar-refractivity contribution in [2.45, 2.75) is 46.3 Å². The highest BCUT2D eigenvalue weighted by Gasteiger charge is 2.05. The van der Waals surface area contributed by atoms with Crippen LogP contribution in [0.2, 0.25) is 19.6 Å². The lowest BCUT2D eigenvalue weighted by atomic mass is 10.1. The minimum atomic E-state index is -1.01. The molecule has 0 aliphatic carbocycles. The van der Waals surface area contributed by atoms with Crippen LogP contribution in [0.3, 0.4) is 0 Å². The summed E-state index contributed by atoms with van der Waals surface area (Å²) in [5.41, 5.74) is 3.80. The van der Waals surface area contributed by atoms with Gasteiger partial charge in [0.05, 0.1) is 8.07 Å². The number of hydrogen-bond donors (Lipinski definition) is 0. The van der Waals surface area contributed by atoms with E-state index in [9.17, 15) is 0 Å². The molecule has 0 aromatic rings. The lowest BCUT2D eigenvalue weighted by Gasteiger charge is -2.06. The van der Waals surface area contributed by atoms with Crippen LogP contribution in [-0.4, -0.2) is 8.07 Å². The van der Waals surface area contributed by atoms with E-state index < -0.39 is 8.07 Å². The number of rotatable bonds is 5. The van der Waals surface area contributed by atoms with Crippen molar-refractivity contribution in [2.24, 2.45) is 0 Å². The van der Waals surface area contributed by atoms with Gasteiger partial charge in [-0.1, -0.05) is 69.1 Å². The van der Waals surface area contributed by atoms with Crippen LogP contribution in [0.15, 0.2) is 35.6 Å². The van der Waals surface area contributed by atoms with Crippen molar-refractivity contribution in [2.75, 3.05) is 0 Å². The molecule has 0 nitrogen and oxygen atoms in total. The molecule has 0 fully saturated rings. The monoisotopic (exact) mass is 208 g/mol. The fraction of sp³-hybridized carbons (Fsp3) is 0.538. The molecule has 0 aromatic carbocycles. The Hall–Kier alpha value is -0.563. The van der Waals surface area contributed by atoms with Crippen molar-refractivity contribution >= 4 is 8.07 Å². The molecule has 0 saturated carbocycles. The zero-order valence-electron chi connectivity index (χ0n) is 10.3. The van der Waals surface area contributed by atoms with Gasteiger partial charge in [0.15, 0.2) is 0 Å². The summed E-state index contributed by atoms with van der Waals surface area (Å²) >= 11 is 0. The van der Waals surface area contributed by atoms with Crippen LogP contribution in [0.4, 0.5) is 0 Å². The molecule has 0 aliphatic heterocycles. The summed E-state index contributed by atoms with van der Waals surface area (Å²) in [6.45, 7) is 11.4. The Bertz CT molecular complexity index is 226. The van der Waals surface area contributed by atoms with E-state index in [1.165, 1.54) is 5.57 Å². The average molecular weight is 208 g/mol. The fourth-order valence-corrected chi connectivity index (χ4v) is 1.80. The lowest BCUT2D eigenvalue weighted by Crippen LogP contribution is -2.14. The van der Waals surface area contributed by atoms with Crippen molar-refractivity contribution in [3.63, 3.8) is 0 Å². The van der Waals surface area contributed by atoms with E-state index in [0.717, 1.165) is 12.8 Å². The fourth-order valence-electron chi connectivity index (χ4n) is 1.12. The highest BCUT2D eigenvalue weighted by molar-refractivity contribution is 6.80. The van der Waals surface area contributed by atoms with Crippen LogP contribution in [-0.2, 0) is 0 Å². The van der Waals surface area contributed by atoms with Crippen LogP contribution in [0.5, 0.6) is 0 Å². The summed E-state index contributed by atoms with van der Waals surface area (Å²) in [6, 6.07) is 0. The summed E-state index contributed by atoms with van der Waals surface area (Å²) in [4.78, 5) is 0. The molecule has 0 atom stereocenters. The van der Waals surface area contributed by atoms with Crippen molar-refractivity contribution < 1.29 is 0 Å². The van der Waals surface area contributed by atoms with E-state index >= 15 is 0 Å². The average Bonchev–Trinajstić information content (AvgIpc) is 2.08. The first-order valence-corrected chi connectivity index (χ1v) is 9.12. The summed E-state index contributed by atoms with van der Waals surface area (Å²) in [5, 5.41) is 0. The predicted octanol–water partition coefficient (Wildman–Crippen LogP) is 4.72. The van der Waals surface area contributed by atoms with Crippen molar-refractivity contribution in [3.8, 4) is 0 Å². The van der Waals surface area contributed by atoms with E-state index in [0.29, 0.717) is 0 Å². The molecule has 0 N–H and O–H groups in total. The predicted molar refractivity (Wildman–Crippen MR) is 70.3 cm³/mol. The third kappa shape index (κ3) is 8.05. The van der Waals surface area contributed by atoms with Crippen molar-refractivity contribution in [1.82, 2.24) is 0 Å². The summed E-state index contributed by atoms with van der Waals surface area (Å²) in [5.74, 6) is 0. The third-order valence-electron chi connectivity index (χ3n) is 1.89. The molecule has 0 unspecified atom stereocenters. The van der Waals surface area contributed by atoms with Gasteiger partial charge >= 0.3 is 0 Å². The Labute approximate surface area is 90.4 Å². The van der Waals surface area contributed by atoms with Crippen LogP contribution in [0.1, 0.15) is 26.7 Å². The zero-order chi connectivity index (χ0) is 11.0. The second-order valence-corrected chi connectivity index (χ2v) is 9.69.